The summed E-state index contributed by atoms with van der Waals surface area (Å²) < 4.78 is 65.0. The Morgan fingerprint density at radius 1 is 0.583 bits per heavy atom. The molecule has 0 bridgehead atoms. The van der Waals surface area contributed by atoms with Gasteiger partial charge in [-0.05, 0) is 99.1 Å². The van der Waals surface area contributed by atoms with Crippen LogP contribution in [0.25, 0.3) is 0 Å². The number of methoxy groups -OCH3 is 2. The lowest BCUT2D eigenvalue weighted by molar-refractivity contribution is -0.171. The first-order chi connectivity index (χ1) is 48.7. The maximum Gasteiger partial charge on any atom is 0.508 e. The molecule has 7 N–H and O–H groups in total. The van der Waals surface area contributed by atoms with E-state index in [1.807, 2.05) is 0 Å². The van der Waals surface area contributed by atoms with Gasteiger partial charge in [0.1, 0.15) is 48.0 Å². The molecular weight excluding hydrogens is 1350 g/mol. The minimum atomic E-state index is -1.51. The van der Waals surface area contributed by atoms with Crippen LogP contribution in [0.3, 0.4) is 0 Å². The summed E-state index contributed by atoms with van der Waals surface area (Å²) in [6.07, 6.45) is 0.213. The van der Waals surface area contributed by atoms with Gasteiger partial charge in [-0.1, -0.05) is 78.2 Å². The number of nitrogens with one attached hydrogen (secondary N) is 7. The van der Waals surface area contributed by atoms with E-state index in [-0.39, 0.29) is 111 Å². The van der Waals surface area contributed by atoms with E-state index in [2.05, 4.69) is 55.7 Å². The number of ether oxygens (including phenoxy) is 12. The molecule has 4 heterocycles. The standard InChI is InChI=1S/C70H108N8O25/c1-14-15-16-24-29-55(83)78-46(49(81)33-34-54(82)71-35-26-21-18-20-25-30-56(84)100-59(52-39-94-67(90)98-52)58-41(2)47(37-50(96-58)62(85)92-12)73-42(3)75-65(88)102-69(6,7)8)32-31-45(80)28-23-19-17-22-27-36-72-64(87)101-60(53-40-95-68(91)99-53)61-57(77-44(5)79)48(38-51(97-61)63(86)93-13)74-43(4)76-66(89)103-70(9,10)11/h37-38,41,46-48,52-53,57-61,74H,4,14-36,39-40H2,1-3,5-13H3,(H,71,82)(H,72,87)(H,76,89)(H,77,79)(H,78,83)(H,73,75,88)/t41-,46-,47+,48+,52?,53-,57-,58-,59-,60-,61-/m1/s1. The molecule has 4 aliphatic rings. The summed E-state index contributed by atoms with van der Waals surface area (Å²) in [6.45, 7) is 20.2. The molecule has 103 heavy (non-hydrogen) atoms. The normalized spacial score (nSPS) is 20.9. The van der Waals surface area contributed by atoms with Crippen LogP contribution in [0.4, 0.5) is 24.0 Å². The maximum absolute atomic E-state index is 13.6. The van der Waals surface area contributed by atoms with E-state index in [1.165, 1.54) is 26.0 Å². The quantitative estimate of drug-likeness (QED) is 0.0103. The average Bonchev–Trinajstić information content (AvgIpc) is 1.62. The molecule has 11 atom stereocenters. The number of carbonyl (C=O) groups excluding carboxylic acids is 13. The zero-order chi connectivity index (χ0) is 76.4. The van der Waals surface area contributed by atoms with Crippen LogP contribution < -0.4 is 37.2 Å². The van der Waals surface area contributed by atoms with Crippen molar-refractivity contribution in [2.75, 3.05) is 40.5 Å². The Hall–Kier alpha value is -9.20. The van der Waals surface area contributed by atoms with Gasteiger partial charge in [0.05, 0.1) is 38.4 Å². The van der Waals surface area contributed by atoms with Crippen LogP contribution in [0, 0.1) is 5.92 Å². The molecule has 33 nitrogen and oxygen atoms in total. The van der Waals surface area contributed by atoms with Crippen molar-refractivity contribution in [1.29, 1.82) is 0 Å². The lowest BCUT2D eigenvalue weighted by atomic mass is 9.87. The molecule has 0 radical (unpaired) electrons. The van der Waals surface area contributed by atoms with Crippen molar-refractivity contribution in [1.82, 2.24) is 37.2 Å². The summed E-state index contributed by atoms with van der Waals surface area (Å²) in [4.78, 5) is 172. The number of Topliss-reactive ketones (excluding diaryl/α,β-unsaturated/α-hetero) is 2. The minimum Gasteiger partial charge on any atom is -0.479 e. The number of amidine groups is 1. The fourth-order valence-electron chi connectivity index (χ4n) is 11.3. The van der Waals surface area contributed by atoms with Crippen molar-refractivity contribution < 1.29 is 119 Å². The van der Waals surface area contributed by atoms with Crippen molar-refractivity contribution in [2.45, 2.75) is 276 Å². The number of amides is 6. The molecule has 2 saturated heterocycles. The first kappa shape index (κ1) is 86.2. The van der Waals surface area contributed by atoms with E-state index in [1.54, 1.807) is 48.5 Å². The fraction of sp³-hybridized carbons (Fsp3) is 0.714. The minimum absolute atomic E-state index is 0.0112. The summed E-state index contributed by atoms with van der Waals surface area (Å²) >= 11 is 0. The van der Waals surface area contributed by atoms with Crippen molar-refractivity contribution in [2.24, 2.45) is 10.9 Å². The van der Waals surface area contributed by atoms with Crippen LogP contribution >= 0.6 is 0 Å². The first-order valence-electron chi connectivity index (χ1n) is 35.3. The first-order valence-corrected chi connectivity index (χ1v) is 35.3. The molecule has 1 unspecified atom stereocenters. The third-order valence-corrected chi connectivity index (χ3v) is 16.3. The molecule has 4 aliphatic heterocycles. The van der Waals surface area contributed by atoms with E-state index >= 15 is 0 Å². The number of unbranched alkanes of at least 4 members (excludes halogenated alkanes) is 11. The van der Waals surface area contributed by atoms with Gasteiger partial charge in [0.2, 0.25) is 29.2 Å². The topological polar surface area (TPSA) is 429 Å². The molecule has 0 saturated carbocycles. The lowest BCUT2D eigenvalue weighted by Gasteiger charge is -2.41. The molecule has 2 fully saturated rings. The summed E-state index contributed by atoms with van der Waals surface area (Å²) in [5.74, 6) is -5.27. The second-order valence-corrected chi connectivity index (χ2v) is 27.4. The number of hydrogen-bond donors (Lipinski definition) is 7. The highest BCUT2D eigenvalue weighted by atomic mass is 16.8. The Morgan fingerprint density at radius 2 is 1.11 bits per heavy atom. The molecule has 6 amide bonds. The van der Waals surface area contributed by atoms with Gasteiger partial charge in [-0.25, -0.2) is 33.6 Å². The summed E-state index contributed by atoms with van der Waals surface area (Å²) in [5.41, 5.74) is -1.64. The zero-order valence-corrected chi connectivity index (χ0v) is 61.5. The van der Waals surface area contributed by atoms with Crippen LogP contribution in [0.2, 0.25) is 0 Å². The third kappa shape index (κ3) is 32.8. The van der Waals surface area contributed by atoms with Gasteiger partial charge in [0.15, 0.2) is 36.3 Å². The lowest BCUT2D eigenvalue weighted by Crippen LogP contribution is -2.64. The van der Waals surface area contributed by atoms with Crippen LogP contribution in [0.15, 0.2) is 41.1 Å². The average molecular weight is 1460 g/mol. The van der Waals surface area contributed by atoms with E-state index < -0.39 is 132 Å². The Balaban J connectivity index is 1.20. The number of nitrogens with zero attached hydrogens (tertiary/aromatic N) is 1. The molecule has 0 aliphatic carbocycles. The largest absolute Gasteiger partial charge is 0.508 e. The zero-order valence-electron chi connectivity index (χ0n) is 61.5. The van der Waals surface area contributed by atoms with Gasteiger partial charge in [0.25, 0.3) is 0 Å². The van der Waals surface area contributed by atoms with Gasteiger partial charge in [-0.2, -0.15) is 0 Å². The number of alkyl carbamates (subject to hydrolysis) is 3. The smallest absolute Gasteiger partial charge is 0.479 e. The molecule has 0 aromatic heterocycles. The van der Waals surface area contributed by atoms with Gasteiger partial charge in [0, 0.05) is 64.5 Å². The Kier molecular flexibility index (Phi) is 36.6. The van der Waals surface area contributed by atoms with Gasteiger partial charge in [-0.15, -0.1) is 0 Å². The van der Waals surface area contributed by atoms with Crippen LogP contribution in [0.1, 0.15) is 204 Å². The highest BCUT2D eigenvalue weighted by molar-refractivity contribution is 5.94. The SMILES string of the molecule is C=C(NC(=O)OC(C)(C)C)N[C@H]1C=C(C(=O)OC)O[C@@H]([C@H](OC(=O)NCCCCCCCC(=O)CC[C@@H](NC(=O)CCCCCC)C(=O)CCC(=O)NCCCCCCCC(=O)O[C@H](C2COC(=O)O2)[C@@H]2OC(C(=O)OC)=C[C@H](N=C(C)NC(=O)OC(C)(C)C)[C@H]2C)[C@H]2COC(=O)O2)[C@@H]1NC(C)=O. The third-order valence-electron chi connectivity index (χ3n) is 16.3. The number of aliphatic imine (C=N–C) groups is 1. The highest BCUT2D eigenvalue weighted by Gasteiger charge is 2.51. The van der Waals surface area contributed by atoms with E-state index in [0.717, 1.165) is 33.5 Å². The molecule has 4 rings (SSSR count). The van der Waals surface area contributed by atoms with Crippen molar-refractivity contribution in [3.63, 3.8) is 0 Å². The maximum atomic E-state index is 13.6. The fourth-order valence-corrected chi connectivity index (χ4v) is 11.3. The number of rotatable bonds is 42. The summed E-state index contributed by atoms with van der Waals surface area (Å²) in [7, 11) is 2.26. The van der Waals surface area contributed by atoms with Crippen molar-refractivity contribution in [3.05, 3.63) is 36.1 Å². The van der Waals surface area contributed by atoms with E-state index in [4.69, 9.17) is 56.8 Å². The van der Waals surface area contributed by atoms with Gasteiger partial charge >= 0.3 is 48.5 Å². The molecule has 0 spiro atoms. The van der Waals surface area contributed by atoms with E-state index in [0.29, 0.717) is 77.2 Å². The Morgan fingerprint density at radius 3 is 1.67 bits per heavy atom. The van der Waals surface area contributed by atoms with Gasteiger partial charge in [-0.3, -0.25) is 44.4 Å². The number of carbonyl (C=O) groups is 13. The molecule has 578 valence electrons. The summed E-state index contributed by atoms with van der Waals surface area (Å²) in [5, 5.41) is 18.9. The van der Waals surface area contributed by atoms with Crippen LogP contribution in [0.5, 0.6) is 0 Å². The number of hydrogen-bond acceptors (Lipinski definition) is 27. The predicted molar refractivity (Wildman–Crippen MR) is 367 cm³/mol. The van der Waals surface area contributed by atoms with Gasteiger partial charge < -0.3 is 83.4 Å². The van der Waals surface area contributed by atoms with Crippen molar-refractivity contribution in [3.8, 4) is 0 Å². The predicted octanol–water partition coefficient (Wildman–Crippen LogP) is 7.33. The second kappa shape index (κ2) is 43.7. The summed E-state index contributed by atoms with van der Waals surface area (Å²) in [6, 6.07) is -4.03. The second-order valence-electron chi connectivity index (χ2n) is 27.4. The molecule has 33 heteroatoms. The molecule has 0 aromatic carbocycles. The Labute approximate surface area is 601 Å². The number of esters is 3. The molecular formula is C70H108N8O25. The highest BCUT2D eigenvalue weighted by Crippen LogP contribution is 2.34. The van der Waals surface area contributed by atoms with Crippen LogP contribution in [-0.4, -0.2) is 196 Å². The Bertz CT molecular complexity index is 3030. The molecule has 0 aromatic rings. The van der Waals surface area contributed by atoms with Crippen molar-refractivity contribution >= 4 is 83.6 Å². The van der Waals surface area contributed by atoms with Crippen LogP contribution in [-0.2, 0) is 95.2 Å². The number of ketones is 2. The van der Waals surface area contributed by atoms with E-state index in [9.17, 15) is 62.3 Å². The number of cyclic esters (lactones) is 4. The monoisotopic (exact) mass is 1460 g/mol.